The first-order valence-electron chi connectivity index (χ1n) is 14.3. The third-order valence-electron chi connectivity index (χ3n) is 7.14. The first-order valence-corrected chi connectivity index (χ1v) is 16.2. The SMILES string of the molecule is COC(=O)CCC[C@@H](/C=C/C=C\CCOC1CCCCO1)O[Si](c1ccccc1)(c1ccccc1)C(C)(C)C. The molecule has 6 heteroatoms. The lowest BCUT2D eigenvalue weighted by Crippen LogP contribution is -2.67. The van der Waals surface area contributed by atoms with Crippen molar-refractivity contribution < 1.29 is 23.4 Å². The molecule has 1 unspecified atom stereocenters. The van der Waals surface area contributed by atoms with Crippen LogP contribution in [0.5, 0.6) is 0 Å². The third-order valence-corrected chi connectivity index (χ3v) is 12.2. The summed E-state index contributed by atoms with van der Waals surface area (Å²) in [5, 5.41) is 2.36. The first-order chi connectivity index (χ1) is 18.9. The monoisotopic (exact) mass is 550 g/mol. The molecule has 0 bridgehead atoms. The summed E-state index contributed by atoms with van der Waals surface area (Å²) in [7, 11) is -1.29. The molecule has 1 aliphatic rings. The van der Waals surface area contributed by atoms with Crippen molar-refractivity contribution in [3.05, 3.63) is 85.0 Å². The van der Waals surface area contributed by atoms with Crippen molar-refractivity contribution in [1.29, 1.82) is 0 Å². The highest BCUT2D eigenvalue weighted by Gasteiger charge is 2.51. The molecular weight excluding hydrogens is 504 g/mol. The standard InChI is InChI=1S/C33H46O5Si/c1-33(2,3)39(29-20-10-7-11-21-29,30-22-12-8-13-23-30)38-28(19-17-24-31(34)35-4)18-9-5-6-15-26-36-32-25-14-16-27-37-32/h5-13,18,20-23,28,32H,14-17,19,24-27H2,1-4H3/b6-5-,18-9+/t28-,32?/m1/s1. The summed E-state index contributed by atoms with van der Waals surface area (Å²) in [5.74, 6) is -0.190. The highest BCUT2D eigenvalue weighted by atomic mass is 28.4. The van der Waals surface area contributed by atoms with Crippen molar-refractivity contribution in [2.75, 3.05) is 20.3 Å². The molecule has 0 saturated carbocycles. The van der Waals surface area contributed by atoms with E-state index in [1.165, 1.54) is 23.9 Å². The zero-order valence-corrected chi connectivity index (χ0v) is 25.1. The van der Waals surface area contributed by atoms with E-state index in [-0.39, 0.29) is 23.4 Å². The van der Waals surface area contributed by atoms with Gasteiger partial charge < -0.3 is 18.6 Å². The van der Waals surface area contributed by atoms with Gasteiger partial charge in [0.1, 0.15) is 0 Å². The Hall–Kier alpha value is -2.51. The van der Waals surface area contributed by atoms with Crippen LogP contribution < -0.4 is 10.4 Å². The number of ether oxygens (including phenoxy) is 3. The lowest BCUT2D eigenvalue weighted by Gasteiger charge is -2.44. The summed E-state index contributed by atoms with van der Waals surface area (Å²) < 4.78 is 23.7. The molecule has 0 spiro atoms. The Bertz CT molecular complexity index is 984. The predicted octanol–water partition coefficient (Wildman–Crippen LogP) is 6.32. The second-order valence-electron chi connectivity index (χ2n) is 11.1. The molecule has 5 nitrogen and oxygen atoms in total. The fourth-order valence-corrected chi connectivity index (χ4v) is 9.80. The van der Waals surface area contributed by atoms with Crippen LogP contribution >= 0.6 is 0 Å². The number of methoxy groups -OCH3 is 1. The number of allylic oxidation sites excluding steroid dienone is 2. The van der Waals surface area contributed by atoms with E-state index in [1.54, 1.807) is 0 Å². The van der Waals surface area contributed by atoms with Crippen LogP contribution in [-0.2, 0) is 23.4 Å². The Morgan fingerprint density at radius 2 is 1.69 bits per heavy atom. The number of carbonyl (C=O) groups is 1. The molecule has 1 aliphatic heterocycles. The van der Waals surface area contributed by atoms with Gasteiger partial charge in [0.25, 0.3) is 8.32 Å². The number of carbonyl (C=O) groups excluding carboxylic acids is 1. The Labute approximate surface area is 236 Å². The molecule has 212 valence electrons. The van der Waals surface area contributed by atoms with Crippen LogP contribution in [0.3, 0.4) is 0 Å². The van der Waals surface area contributed by atoms with Crippen LogP contribution in [0.2, 0.25) is 5.04 Å². The minimum atomic E-state index is -2.72. The van der Waals surface area contributed by atoms with Gasteiger partial charge in [-0.2, -0.15) is 0 Å². The second kappa shape index (κ2) is 15.9. The largest absolute Gasteiger partial charge is 0.469 e. The van der Waals surface area contributed by atoms with Crippen LogP contribution in [0.1, 0.15) is 65.7 Å². The van der Waals surface area contributed by atoms with Gasteiger partial charge in [-0.1, -0.05) is 106 Å². The molecule has 0 amide bonds. The van der Waals surface area contributed by atoms with E-state index in [2.05, 4.69) is 106 Å². The summed E-state index contributed by atoms with van der Waals surface area (Å²) in [6.45, 7) is 8.29. The number of hydrogen-bond acceptors (Lipinski definition) is 5. The van der Waals surface area contributed by atoms with E-state index in [9.17, 15) is 4.79 Å². The van der Waals surface area contributed by atoms with Crippen molar-refractivity contribution in [2.45, 2.75) is 83.1 Å². The number of rotatable bonds is 14. The van der Waals surface area contributed by atoms with Gasteiger partial charge in [0, 0.05) is 13.0 Å². The molecule has 0 N–H and O–H groups in total. The Kier molecular flexibility index (Phi) is 12.7. The van der Waals surface area contributed by atoms with Crippen LogP contribution in [0.25, 0.3) is 0 Å². The molecule has 0 radical (unpaired) electrons. The summed E-state index contributed by atoms with van der Waals surface area (Å²) in [5.41, 5.74) is 0. The highest BCUT2D eigenvalue weighted by molar-refractivity contribution is 6.99. The fraction of sp³-hybridized carbons (Fsp3) is 0.485. The van der Waals surface area contributed by atoms with E-state index in [1.807, 2.05) is 0 Å². The second-order valence-corrected chi connectivity index (χ2v) is 15.3. The van der Waals surface area contributed by atoms with Gasteiger partial charge in [-0.25, -0.2) is 0 Å². The van der Waals surface area contributed by atoms with Gasteiger partial charge in [0.05, 0.1) is 19.8 Å². The van der Waals surface area contributed by atoms with Crippen molar-refractivity contribution >= 4 is 24.7 Å². The quantitative estimate of drug-likeness (QED) is 0.119. The molecule has 1 heterocycles. The van der Waals surface area contributed by atoms with E-state index in [0.717, 1.165) is 32.3 Å². The summed E-state index contributed by atoms with van der Waals surface area (Å²) in [6.07, 6.45) is 14.1. The van der Waals surface area contributed by atoms with Gasteiger partial charge >= 0.3 is 5.97 Å². The molecule has 3 rings (SSSR count). The molecule has 1 saturated heterocycles. The number of benzene rings is 2. The van der Waals surface area contributed by atoms with Crippen LogP contribution in [0, 0.1) is 0 Å². The molecule has 2 aromatic rings. The maximum atomic E-state index is 11.9. The molecule has 0 aromatic heterocycles. The highest BCUT2D eigenvalue weighted by Crippen LogP contribution is 2.38. The molecule has 0 aliphatic carbocycles. The van der Waals surface area contributed by atoms with Crippen LogP contribution in [0.15, 0.2) is 85.0 Å². The topological polar surface area (TPSA) is 54.0 Å². The molecule has 39 heavy (non-hydrogen) atoms. The summed E-state index contributed by atoms with van der Waals surface area (Å²) in [6, 6.07) is 21.3. The van der Waals surface area contributed by atoms with E-state index in [0.29, 0.717) is 19.4 Å². The number of esters is 1. The Balaban J connectivity index is 1.80. The van der Waals surface area contributed by atoms with E-state index < -0.39 is 8.32 Å². The zero-order chi connectivity index (χ0) is 28.0. The minimum absolute atomic E-state index is 0.0539. The smallest absolute Gasteiger partial charge is 0.305 e. The van der Waals surface area contributed by atoms with Crippen LogP contribution in [-0.4, -0.2) is 47.0 Å². The third kappa shape index (κ3) is 9.28. The molecular formula is C33H46O5Si. The zero-order valence-electron chi connectivity index (χ0n) is 24.1. The van der Waals surface area contributed by atoms with Crippen molar-refractivity contribution in [3.8, 4) is 0 Å². The lowest BCUT2D eigenvalue weighted by atomic mass is 10.1. The lowest BCUT2D eigenvalue weighted by molar-refractivity contribution is -0.161. The van der Waals surface area contributed by atoms with Gasteiger partial charge in [0.2, 0.25) is 0 Å². The molecule has 2 atom stereocenters. The average Bonchev–Trinajstić information content (AvgIpc) is 2.95. The maximum Gasteiger partial charge on any atom is 0.305 e. The minimum Gasteiger partial charge on any atom is -0.469 e. The van der Waals surface area contributed by atoms with Crippen molar-refractivity contribution in [3.63, 3.8) is 0 Å². The van der Waals surface area contributed by atoms with Crippen molar-refractivity contribution in [1.82, 2.24) is 0 Å². The van der Waals surface area contributed by atoms with Crippen molar-refractivity contribution in [2.24, 2.45) is 0 Å². The number of hydrogen-bond donors (Lipinski definition) is 0. The van der Waals surface area contributed by atoms with Crippen LogP contribution in [0.4, 0.5) is 0 Å². The Morgan fingerprint density at radius 3 is 2.26 bits per heavy atom. The maximum absolute atomic E-state index is 11.9. The van der Waals surface area contributed by atoms with E-state index in [4.69, 9.17) is 18.6 Å². The van der Waals surface area contributed by atoms with Gasteiger partial charge in [-0.3, -0.25) is 4.79 Å². The van der Waals surface area contributed by atoms with Gasteiger partial charge in [0.15, 0.2) is 6.29 Å². The normalized spacial score (nSPS) is 17.5. The molecule has 2 aromatic carbocycles. The van der Waals surface area contributed by atoms with Gasteiger partial charge in [-0.05, 0) is 53.9 Å². The fourth-order valence-electron chi connectivity index (χ4n) is 5.14. The first kappa shape index (κ1) is 31.0. The molecule has 1 fully saturated rings. The summed E-state index contributed by atoms with van der Waals surface area (Å²) >= 11 is 0. The van der Waals surface area contributed by atoms with E-state index >= 15 is 0 Å². The average molecular weight is 551 g/mol. The van der Waals surface area contributed by atoms with Gasteiger partial charge in [-0.15, -0.1) is 0 Å². The predicted molar refractivity (Wildman–Crippen MR) is 161 cm³/mol. The summed E-state index contributed by atoms with van der Waals surface area (Å²) in [4.78, 5) is 11.9. The Morgan fingerprint density at radius 1 is 1.03 bits per heavy atom.